The number of hydrogen-bond donors (Lipinski definition) is 1. The lowest BCUT2D eigenvalue weighted by molar-refractivity contribution is 0.0862. The predicted octanol–water partition coefficient (Wildman–Crippen LogP) is 2.56. The SMILES string of the molecule is Cc1ccc(C(=O)NC2CCN(C(=O)OCCCl)CC2)cc1. The molecule has 0 radical (unpaired) electrons. The molecule has 0 aliphatic carbocycles. The standard InChI is InChI=1S/C16H21ClN2O3/c1-12-2-4-13(5-3-12)15(20)18-14-6-9-19(10-7-14)16(21)22-11-8-17/h2-5,14H,6-11H2,1H3,(H,18,20). The Bertz CT molecular complexity index is 511. The van der Waals surface area contributed by atoms with Crippen molar-refractivity contribution in [1.29, 1.82) is 0 Å². The number of aryl methyl sites for hydroxylation is 1. The zero-order valence-electron chi connectivity index (χ0n) is 12.7. The summed E-state index contributed by atoms with van der Waals surface area (Å²) in [4.78, 5) is 25.5. The molecule has 1 N–H and O–H groups in total. The van der Waals surface area contributed by atoms with E-state index in [1.54, 1.807) is 4.90 Å². The zero-order chi connectivity index (χ0) is 15.9. The molecule has 1 saturated heterocycles. The summed E-state index contributed by atoms with van der Waals surface area (Å²) < 4.78 is 5.00. The molecule has 1 aliphatic heterocycles. The molecule has 0 spiro atoms. The van der Waals surface area contributed by atoms with Crippen LogP contribution >= 0.6 is 11.6 Å². The second-order valence-corrected chi connectivity index (χ2v) is 5.78. The topological polar surface area (TPSA) is 58.6 Å². The number of amides is 2. The molecule has 1 aliphatic rings. The van der Waals surface area contributed by atoms with Gasteiger partial charge < -0.3 is 15.0 Å². The molecular formula is C16H21ClN2O3. The highest BCUT2D eigenvalue weighted by Gasteiger charge is 2.24. The van der Waals surface area contributed by atoms with E-state index in [2.05, 4.69) is 5.32 Å². The third-order valence-electron chi connectivity index (χ3n) is 3.70. The smallest absolute Gasteiger partial charge is 0.409 e. The minimum Gasteiger partial charge on any atom is -0.448 e. The van der Waals surface area contributed by atoms with Crippen molar-refractivity contribution in [2.45, 2.75) is 25.8 Å². The van der Waals surface area contributed by atoms with E-state index in [-0.39, 0.29) is 24.6 Å². The lowest BCUT2D eigenvalue weighted by atomic mass is 10.0. The minimum atomic E-state index is -0.330. The number of nitrogens with one attached hydrogen (secondary N) is 1. The average Bonchev–Trinajstić information content (AvgIpc) is 2.54. The molecule has 120 valence electrons. The van der Waals surface area contributed by atoms with Crippen molar-refractivity contribution in [3.05, 3.63) is 35.4 Å². The Morgan fingerprint density at radius 1 is 1.27 bits per heavy atom. The van der Waals surface area contributed by atoms with Gasteiger partial charge in [0.05, 0.1) is 5.88 Å². The molecule has 0 aromatic heterocycles. The van der Waals surface area contributed by atoms with Crippen molar-refractivity contribution in [2.75, 3.05) is 25.6 Å². The third-order valence-corrected chi connectivity index (χ3v) is 3.86. The van der Waals surface area contributed by atoms with Crippen molar-refractivity contribution in [3.63, 3.8) is 0 Å². The summed E-state index contributed by atoms with van der Waals surface area (Å²) in [6, 6.07) is 7.58. The first kappa shape index (κ1) is 16.6. The Morgan fingerprint density at radius 2 is 1.91 bits per heavy atom. The number of carbonyl (C=O) groups excluding carboxylic acids is 2. The van der Waals surface area contributed by atoms with E-state index in [1.165, 1.54) is 0 Å². The molecule has 0 atom stereocenters. The van der Waals surface area contributed by atoms with Crippen molar-refractivity contribution in [1.82, 2.24) is 10.2 Å². The van der Waals surface area contributed by atoms with E-state index < -0.39 is 0 Å². The number of ether oxygens (including phenoxy) is 1. The number of alkyl halides is 1. The van der Waals surface area contributed by atoms with Crippen molar-refractivity contribution in [3.8, 4) is 0 Å². The van der Waals surface area contributed by atoms with Crippen molar-refractivity contribution in [2.24, 2.45) is 0 Å². The fourth-order valence-electron chi connectivity index (χ4n) is 2.40. The molecule has 1 heterocycles. The molecular weight excluding hydrogens is 304 g/mol. The van der Waals surface area contributed by atoms with Gasteiger partial charge in [-0.3, -0.25) is 4.79 Å². The zero-order valence-corrected chi connectivity index (χ0v) is 13.4. The van der Waals surface area contributed by atoms with Crippen LogP contribution in [0.25, 0.3) is 0 Å². The number of rotatable bonds is 4. The van der Waals surface area contributed by atoms with Crippen LogP contribution in [-0.4, -0.2) is 48.5 Å². The van der Waals surface area contributed by atoms with Crippen LogP contribution in [0.5, 0.6) is 0 Å². The first-order chi connectivity index (χ1) is 10.6. The summed E-state index contributed by atoms with van der Waals surface area (Å²) in [7, 11) is 0. The van der Waals surface area contributed by atoms with Gasteiger partial charge in [0.25, 0.3) is 5.91 Å². The van der Waals surface area contributed by atoms with Gasteiger partial charge in [-0.05, 0) is 31.9 Å². The maximum absolute atomic E-state index is 12.1. The fourth-order valence-corrected chi connectivity index (χ4v) is 2.47. The Morgan fingerprint density at radius 3 is 2.50 bits per heavy atom. The van der Waals surface area contributed by atoms with Crippen LogP contribution in [0.1, 0.15) is 28.8 Å². The molecule has 2 rings (SSSR count). The highest BCUT2D eigenvalue weighted by Crippen LogP contribution is 2.13. The van der Waals surface area contributed by atoms with Gasteiger partial charge in [-0.1, -0.05) is 17.7 Å². The Hall–Kier alpha value is -1.75. The molecule has 0 unspecified atom stereocenters. The molecule has 1 fully saturated rings. The first-order valence-electron chi connectivity index (χ1n) is 7.45. The number of halogens is 1. The molecule has 5 nitrogen and oxygen atoms in total. The second kappa shape index (κ2) is 8.03. The normalized spacial score (nSPS) is 15.5. The van der Waals surface area contributed by atoms with Gasteiger partial charge in [0.15, 0.2) is 0 Å². The number of hydrogen-bond acceptors (Lipinski definition) is 3. The Kier molecular flexibility index (Phi) is 6.07. The molecule has 0 saturated carbocycles. The highest BCUT2D eigenvalue weighted by molar-refractivity contribution is 6.18. The van der Waals surface area contributed by atoms with Gasteiger partial charge >= 0.3 is 6.09 Å². The average molecular weight is 325 g/mol. The first-order valence-corrected chi connectivity index (χ1v) is 7.99. The van der Waals surface area contributed by atoms with Gasteiger partial charge in [0.1, 0.15) is 6.61 Å². The van der Waals surface area contributed by atoms with Crippen molar-refractivity contribution < 1.29 is 14.3 Å². The molecule has 6 heteroatoms. The number of piperidine rings is 1. The number of nitrogens with zero attached hydrogens (tertiary/aromatic N) is 1. The van der Waals surface area contributed by atoms with Crippen molar-refractivity contribution >= 4 is 23.6 Å². The maximum atomic E-state index is 12.1. The third kappa shape index (κ3) is 4.63. The number of carbonyl (C=O) groups is 2. The van der Waals surface area contributed by atoms with E-state index in [4.69, 9.17) is 16.3 Å². The van der Waals surface area contributed by atoms with Gasteiger partial charge in [-0.15, -0.1) is 11.6 Å². The van der Waals surface area contributed by atoms with Gasteiger partial charge in [-0.25, -0.2) is 4.79 Å². The molecule has 2 amide bonds. The van der Waals surface area contributed by atoms with Crippen LogP contribution in [-0.2, 0) is 4.74 Å². The van der Waals surface area contributed by atoms with Crippen LogP contribution < -0.4 is 5.32 Å². The number of benzene rings is 1. The summed E-state index contributed by atoms with van der Waals surface area (Å²) in [5, 5.41) is 3.02. The summed E-state index contributed by atoms with van der Waals surface area (Å²) in [5.74, 6) is 0.234. The van der Waals surface area contributed by atoms with Crippen LogP contribution in [0, 0.1) is 6.92 Å². The fraction of sp³-hybridized carbons (Fsp3) is 0.500. The summed E-state index contributed by atoms with van der Waals surface area (Å²) in [6.07, 6.45) is 1.13. The van der Waals surface area contributed by atoms with E-state index in [9.17, 15) is 9.59 Å². The lowest BCUT2D eigenvalue weighted by Gasteiger charge is -2.31. The van der Waals surface area contributed by atoms with Crippen LogP contribution in [0.2, 0.25) is 0 Å². The highest BCUT2D eigenvalue weighted by atomic mass is 35.5. The molecule has 22 heavy (non-hydrogen) atoms. The molecule has 1 aromatic rings. The largest absolute Gasteiger partial charge is 0.448 e. The number of likely N-dealkylation sites (tertiary alicyclic amines) is 1. The Balaban J connectivity index is 1.78. The van der Waals surface area contributed by atoms with E-state index in [0.29, 0.717) is 24.5 Å². The molecule has 0 bridgehead atoms. The van der Waals surface area contributed by atoms with Crippen LogP contribution in [0.15, 0.2) is 24.3 Å². The van der Waals surface area contributed by atoms with Gasteiger partial charge in [0, 0.05) is 24.7 Å². The lowest BCUT2D eigenvalue weighted by Crippen LogP contribution is -2.46. The predicted molar refractivity (Wildman–Crippen MR) is 85.3 cm³/mol. The quantitative estimate of drug-likeness (QED) is 0.866. The summed E-state index contributed by atoms with van der Waals surface area (Å²) in [6.45, 7) is 3.38. The Labute approximate surface area is 135 Å². The second-order valence-electron chi connectivity index (χ2n) is 5.40. The summed E-state index contributed by atoms with van der Waals surface area (Å²) >= 11 is 5.49. The maximum Gasteiger partial charge on any atom is 0.409 e. The molecule has 1 aromatic carbocycles. The minimum absolute atomic E-state index is 0.0665. The van der Waals surface area contributed by atoms with Gasteiger partial charge in [-0.2, -0.15) is 0 Å². The van der Waals surface area contributed by atoms with E-state index >= 15 is 0 Å². The van der Waals surface area contributed by atoms with E-state index in [1.807, 2.05) is 31.2 Å². The van der Waals surface area contributed by atoms with Crippen LogP contribution in [0.4, 0.5) is 4.79 Å². The van der Waals surface area contributed by atoms with Crippen LogP contribution in [0.3, 0.4) is 0 Å². The van der Waals surface area contributed by atoms with Gasteiger partial charge in [0.2, 0.25) is 0 Å². The monoisotopic (exact) mass is 324 g/mol. The summed E-state index contributed by atoms with van der Waals surface area (Å²) in [5.41, 5.74) is 1.79. The van der Waals surface area contributed by atoms with E-state index in [0.717, 1.165) is 18.4 Å².